The molecule has 3 spiro atoms. The Hall–Kier alpha value is -8.71. The van der Waals surface area contributed by atoms with Crippen LogP contribution in [0.4, 0.5) is 0 Å². The zero-order valence-corrected chi connectivity index (χ0v) is 46.7. The Balaban J connectivity index is 0.864. The molecule has 1 aliphatic heterocycles. The fourth-order valence-electron chi connectivity index (χ4n) is 27.4. The van der Waals surface area contributed by atoms with Crippen molar-refractivity contribution in [2.45, 2.75) is 76.4 Å². The second kappa shape index (κ2) is 9.24. The van der Waals surface area contributed by atoms with Gasteiger partial charge in [0.2, 0.25) is 5.79 Å². The van der Waals surface area contributed by atoms with Crippen LogP contribution in [-0.4, -0.2) is 43.3 Å². The van der Waals surface area contributed by atoms with Crippen LogP contribution in [0.1, 0.15) is 82.1 Å². The van der Waals surface area contributed by atoms with Crippen LogP contribution in [0.25, 0.3) is 291 Å². The third-order valence-electron chi connectivity index (χ3n) is 28.6. The van der Waals surface area contributed by atoms with Crippen molar-refractivity contribution in [3.8, 4) is 0 Å². The van der Waals surface area contributed by atoms with E-state index in [0.29, 0.717) is 13.2 Å². The minimum atomic E-state index is -1.07. The third-order valence-corrected chi connectivity index (χ3v) is 28.6. The van der Waals surface area contributed by atoms with E-state index in [-0.39, 0.29) is 24.6 Å². The summed E-state index contributed by atoms with van der Waals surface area (Å²) in [5.74, 6) is -1.40. The first-order valence-corrected chi connectivity index (χ1v) is 32.4. The Bertz CT molecular complexity index is 7660. The third kappa shape index (κ3) is 2.39. The lowest BCUT2D eigenvalue weighted by atomic mass is 9.46. The number of benzene rings is 18. The highest BCUT2D eigenvalue weighted by atomic mass is 16.7. The van der Waals surface area contributed by atoms with Crippen molar-refractivity contribution in [1.82, 2.24) is 0 Å². The van der Waals surface area contributed by atoms with E-state index in [1.165, 1.54) is 5.57 Å². The predicted molar refractivity (Wildman–Crippen MR) is 354 cm³/mol. The molecule has 1 heterocycles. The number of hydrogen-bond acceptors (Lipinski definition) is 5. The molecule has 0 bridgehead atoms. The number of carbonyl (C=O) groups excluding carboxylic acids is 1. The first-order valence-electron chi connectivity index (χ1n) is 32.4. The molecule has 0 atom stereocenters. The fourth-order valence-corrected chi connectivity index (χ4v) is 27.4. The zero-order valence-electron chi connectivity index (χ0n) is 46.7. The van der Waals surface area contributed by atoms with Gasteiger partial charge in [-0.1, -0.05) is 45.8 Å². The quantitative estimate of drug-likeness (QED) is 0.0486. The van der Waals surface area contributed by atoms with Crippen LogP contribution in [0.5, 0.6) is 0 Å². The molecule has 28 aromatic carbocycles. The molecule has 5 heteroatoms. The number of esters is 1. The number of aliphatic hydroxyl groups is 1. The van der Waals surface area contributed by atoms with Gasteiger partial charge in [0.1, 0.15) is 0 Å². The second-order valence-corrected chi connectivity index (χ2v) is 32.3. The molecule has 0 aromatic heterocycles. The molecule has 34 rings (SSSR count). The Kier molecular flexibility index (Phi) is 4.05. The standard InChI is InChI=1S/C81H34O5/c1-77(2,13-82)14-84-18(83)11-9-7-5-6-8-10-17-12-79(85-15-78(3,4)16-86-79)81-75-69-63-53-41-33-25-21-19-20-23-27(25)35(41)45-39-31(23)32-24(20)28-26-22(19)30-29(21)37-43(33)51-57-47(37)48-38(30)44-34(26)42-36(28)46-40(32)50-49(39)61(55(45)63)71(75)72-62(50)56(46)64-54(42)60-52(44)58(48)66-65(57)73(67(69)59(51)53)80(17,81)74(66)68(60)70(64)76(72)81/h9,11-12,82H,5-8,10,13-16H2,1-4H3/b11-9+. The zero-order chi connectivity index (χ0) is 53.7. The lowest BCUT2D eigenvalue weighted by Crippen LogP contribution is -2.65. The first kappa shape index (κ1) is 37.7. The van der Waals surface area contributed by atoms with Gasteiger partial charge in [-0.05, 0) is 345 Å². The van der Waals surface area contributed by atoms with E-state index in [1.54, 1.807) is 319 Å². The molecule has 0 amide bonds. The van der Waals surface area contributed by atoms with Gasteiger partial charge < -0.3 is 19.3 Å². The van der Waals surface area contributed by atoms with Crippen molar-refractivity contribution < 1.29 is 24.1 Å². The van der Waals surface area contributed by atoms with Crippen LogP contribution < -0.4 is 0 Å². The molecule has 1 N–H and O–H groups in total. The summed E-state index contributed by atoms with van der Waals surface area (Å²) in [6, 6.07) is 0. The predicted octanol–water partition coefficient (Wildman–Crippen LogP) is 20.1. The van der Waals surface area contributed by atoms with Crippen molar-refractivity contribution in [2.24, 2.45) is 10.8 Å². The minimum Gasteiger partial charge on any atom is -0.462 e. The topological polar surface area (TPSA) is 65.0 Å². The Morgan fingerprint density at radius 1 is 0.430 bits per heavy atom. The van der Waals surface area contributed by atoms with Gasteiger partial charge in [-0.15, -0.1) is 0 Å². The average Bonchev–Trinajstić information content (AvgIpc) is 1.38. The molecule has 1 fully saturated rings. The lowest BCUT2D eigenvalue weighted by molar-refractivity contribution is -0.296. The summed E-state index contributed by atoms with van der Waals surface area (Å²) in [5.41, 5.74) is 6.03. The Morgan fingerprint density at radius 3 is 1.00 bits per heavy atom. The number of hydrogen-bond donors (Lipinski definition) is 1. The molecule has 0 unspecified atom stereocenters. The molecule has 86 heavy (non-hydrogen) atoms. The molecule has 388 valence electrons. The number of ether oxygens (including phenoxy) is 3. The van der Waals surface area contributed by atoms with E-state index in [0.717, 1.165) is 32.1 Å². The van der Waals surface area contributed by atoms with Crippen LogP contribution in [-0.2, 0) is 29.8 Å². The molecular formula is C81H34O5. The van der Waals surface area contributed by atoms with Gasteiger partial charge in [0.25, 0.3) is 0 Å². The maximum Gasteiger partial charge on any atom is 0.330 e. The van der Waals surface area contributed by atoms with E-state index in [4.69, 9.17) is 14.2 Å². The Labute approximate surface area is 478 Å². The van der Waals surface area contributed by atoms with Crippen LogP contribution in [0.15, 0.2) is 23.8 Å². The van der Waals surface area contributed by atoms with Crippen molar-refractivity contribution in [1.29, 1.82) is 0 Å². The molecule has 5 nitrogen and oxygen atoms in total. The van der Waals surface area contributed by atoms with E-state index < -0.39 is 22.0 Å². The number of carbonyl (C=O) groups is 1. The van der Waals surface area contributed by atoms with Gasteiger partial charge in [0.05, 0.1) is 37.3 Å². The summed E-state index contributed by atoms with van der Waals surface area (Å²) in [6.07, 6.45) is 11.1. The van der Waals surface area contributed by atoms with E-state index in [1.807, 2.05) is 19.9 Å². The molecule has 28 aromatic rings. The summed E-state index contributed by atoms with van der Waals surface area (Å²) < 4.78 is 22.1. The molecule has 1 saturated heterocycles. The van der Waals surface area contributed by atoms with Crippen molar-refractivity contribution in [3.63, 3.8) is 0 Å². The summed E-state index contributed by atoms with van der Waals surface area (Å²) in [6.45, 7) is 10.0. The van der Waals surface area contributed by atoms with Crippen LogP contribution in [0, 0.1) is 10.8 Å². The summed E-state index contributed by atoms with van der Waals surface area (Å²) in [5, 5.41) is 96.5. The van der Waals surface area contributed by atoms with Crippen molar-refractivity contribution in [2.75, 3.05) is 26.4 Å². The number of aliphatic hydroxyl groups excluding tert-OH is 1. The number of unbranched alkanes of at least 4 members (excludes halogenated alkanes) is 3. The summed E-state index contributed by atoms with van der Waals surface area (Å²) >= 11 is 0. The monoisotopic (exact) mass is 1090 g/mol. The van der Waals surface area contributed by atoms with Crippen LogP contribution in [0.3, 0.4) is 0 Å². The van der Waals surface area contributed by atoms with Gasteiger partial charge in [-0.25, -0.2) is 4.79 Å². The van der Waals surface area contributed by atoms with E-state index in [2.05, 4.69) is 19.9 Å². The number of rotatable bonds is 10. The largest absolute Gasteiger partial charge is 0.462 e. The van der Waals surface area contributed by atoms with E-state index >= 15 is 0 Å². The van der Waals surface area contributed by atoms with Gasteiger partial charge in [0.15, 0.2) is 0 Å². The fraction of sp³-hybridized carbons (Fsp3) is 0.222. The normalized spacial score (nSPS) is 20.7. The maximum atomic E-state index is 12.9. The van der Waals surface area contributed by atoms with Crippen LogP contribution in [0.2, 0.25) is 0 Å². The highest BCUT2D eigenvalue weighted by Crippen LogP contribution is 2.88. The van der Waals surface area contributed by atoms with Gasteiger partial charge in [0, 0.05) is 16.9 Å². The van der Waals surface area contributed by atoms with Crippen LogP contribution >= 0.6 is 0 Å². The van der Waals surface area contributed by atoms with Gasteiger partial charge >= 0.3 is 5.97 Å². The number of allylic oxidation sites excluding steroid dienone is 2. The molecule has 0 saturated carbocycles. The first-order chi connectivity index (χ1) is 42.2. The highest BCUT2D eigenvalue weighted by molar-refractivity contribution is 6.82. The molecule has 0 radical (unpaired) electrons. The summed E-state index contributed by atoms with van der Waals surface area (Å²) in [4.78, 5) is 12.9. The Morgan fingerprint density at radius 2 is 0.709 bits per heavy atom. The molecule has 5 aliphatic carbocycles. The maximum absolute atomic E-state index is 12.9. The van der Waals surface area contributed by atoms with Gasteiger partial charge in [-0.2, -0.15) is 0 Å². The highest BCUT2D eigenvalue weighted by Gasteiger charge is 2.81. The SMILES string of the molecule is CC(C)(CO)COC(=O)/C=C/CCCCCC1=CC2(OCC(C)(C)CO2)C23c4c5c6c7c8c9c(c%10c%11c2c2c4c4c%12c5c5c6c6c8c8c%13c9c9c%10c%10c%11c%11c2c2c4c4c%12c%12c5c5c6c8c6c8c%13c9c9c%10c%10c%11c2c2c4c4c%12c5c6c5c8c9c%10c2c45)C173. The lowest BCUT2D eigenvalue weighted by Gasteiger charge is -2.59. The summed E-state index contributed by atoms with van der Waals surface area (Å²) in [7, 11) is 0. The van der Waals surface area contributed by atoms with E-state index in [9.17, 15) is 9.90 Å². The average molecular weight is 1090 g/mol. The molecular weight excluding hydrogens is 1050 g/mol. The smallest absolute Gasteiger partial charge is 0.330 e. The second-order valence-electron chi connectivity index (χ2n) is 32.3. The molecule has 6 aliphatic rings. The van der Waals surface area contributed by atoms with Crippen molar-refractivity contribution in [3.05, 3.63) is 46.1 Å². The van der Waals surface area contributed by atoms with Gasteiger partial charge in [-0.3, -0.25) is 0 Å². The van der Waals surface area contributed by atoms with Crippen molar-refractivity contribution >= 4 is 297 Å². The minimum absolute atomic E-state index is 0.0281.